The zero-order valence-electron chi connectivity index (χ0n) is 13.1. The van der Waals surface area contributed by atoms with E-state index in [1.54, 1.807) is 13.0 Å². The van der Waals surface area contributed by atoms with Gasteiger partial charge in [-0.3, -0.25) is 14.8 Å². The van der Waals surface area contributed by atoms with Crippen LogP contribution in [0.1, 0.15) is 11.3 Å². The summed E-state index contributed by atoms with van der Waals surface area (Å²) >= 11 is 11.9. The summed E-state index contributed by atoms with van der Waals surface area (Å²) in [6.07, 6.45) is 2.85. The van der Waals surface area contributed by atoms with Crippen molar-refractivity contribution in [1.29, 1.82) is 0 Å². The van der Waals surface area contributed by atoms with Crippen LogP contribution >= 0.6 is 23.2 Å². The van der Waals surface area contributed by atoms with Gasteiger partial charge in [-0.25, -0.2) is 14.1 Å². The van der Waals surface area contributed by atoms with E-state index in [1.807, 2.05) is 0 Å². The molecule has 2 aromatic heterocycles. The van der Waals surface area contributed by atoms with E-state index in [0.717, 1.165) is 0 Å². The number of nitrogens with zero attached hydrogens (tertiary/aromatic N) is 5. The van der Waals surface area contributed by atoms with Gasteiger partial charge in [0.15, 0.2) is 0 Å². The third-order valence-corrected chi connectivity index (χ3v) is 4.23. The van der Waals surface area contributed by atoms with E-state index in [2.05, 4.69) is 20.5 Å². The predicted molar refractivity (Wildman–Crippen MR) is 91.1 cm³/mol. The van der Waals surface area contributed by atoms with Crippen molar-refractivity contribution in [2.45, 2.75) is 20.0 Å². The molecule has 1 aromatic carbocycles. The Hall–Kier alpha value is -2.45. The minimum atomic E-state index is -0.431. The normalized spacial score (nSPS) is 10.9. The number of carbonyl (C=O) groups is 1. The van der Waals surface area contributed by atoms with Gasteiger partial charge in [-0.15, -0.1) is 5.10 Å². The molecule has 0 aliphatic heterocycles. The molecule has 0 unspecified atom stereocenters. The van der Waals surface area contributed by atoms with Gasteiger partial charge in [0.05, 0.1) is 23.5 Å². The van der Waals surface area contributed by atoms with Crippen LogP contribution in [0.5, 0.6) is 0 Å². The molecule has 0 bridgehead atoms. The second kappa shape index (κ2) is 7.20. The van der Waals surface area contributed by atoms with Crippen LogP contribution < -0.4 is 5.32 Å². The van der Waals surface area contributed by atoms with Gasteiger partial charge < -0.3 is 0 Å². The van der Waals surface area contributed by atoms with Crippen LogP contribution in [0.4, 0.5) is 10.3 Å². The van der Waals surface area contributed by atoms with Crippen LogP contribution in [0.25, 0.3) is 0 Å². The summed E-state index contributed by atoms with van der Waals surface area (Å²) in [5.41, 5.74) is 0.984. The second-order valence-corrected chi connectivity index (χ2v) is 6.06. The molecule has 0 atom stereocenters. The monoisotopic (exact) mass is 382 g/mol. The molecule has 0 aliphatic rings. The first-order valence-corrected chi connectivity index (χ1v) is 7.99. The molecule has 130 valence electrons. The molecule has 1 amide bonds. The maximum absolute atomic E-state index is 13.8. The fourth-order valence-corrected chi connectivity index (χ4v) is 2.52. The first kappa shape index (κ1) is 17.4. The Labute approximate surface area is 152 Å². The lowest BCUT2D eigenvalue weighted by Crippen LogP contribution is -2.21. The Morgan fingerprint density at radius 3 is 2.80 bits per heavy atom. The van der Waals surface area contributed by atoms with Gasteiger partial charge in [-0.1, -0.05) is 29.3 Å². The van der Waals surface area contributed by atoms with Crippen LogP contribution in [0.2, 0.25) is 10.0 Å². The summed E-state index contributed by atoms with van der Waals surface area (Å²) in [7, 11) is 0. The maximum atomic E-state index is 13.8. The Balaban J connectivity index is 1.65. The lowest BCUT2D eigenvalue weighted by Gasteiger charge is -2.05. The van der Waals surface area contributed by atoms with E-state index < -0.39 is 5.82 Å². The summed E-state index contributed by atoms with van der Waals surface area (Å²) in [6, 6.07) is 4.44. The number of hydrogen-bond donors (Lipinski definition) is 1. The number of carbonyl (C=O) groups excluding carboxylic acids is 1. The summed E-state index contributed by atoms with van der Waals surface area (Å²) < 4.78 is 16.6. The Morgan fingerprint density at radius 2 is 2.12 bits per heavy atom. The average molecular weight is 383 g/mol. The molecule has 0 saturated carbocycles. The highest BCUT2D eigenvalue weighted by Crippen LogP contribution is 2.20. The molecular formula is C15H13Cl2FN6O. The largest absolute Gasteiger partial charge is 0.292 e. The van der Waals surface area contributed by atoms with Gasteiger partial charge in [0.2, 0.25) is 11.9 Å². The molecule has 0 fully saturated rings. The maximum Gasteiger partial charge on any atom is 0.248 e. The smallest absolute Gasteiger partial charge is 0.248 e. The van der Waals surface area contributed by atoms with Gasteiger partial charge >= 0.3 is 0 Å². The second-order valence-electron chi connectivity index (χ2n) is 5.25. The lowest BCUT2D eigenvalue weighted by molar-refractivity contribution is -0.117. The molecule has 0 spiro atoms. The molecule has 0 aliphatic carbocycles. The van der Waals surface area contributed by atoms with Crippen LogP contribution in [-0.2, 0) is 17.9 Å². The predicted octanol–water partition coefficient (Wildman–Crippen LogP) is 2.92. The zero-order chi connectivity index (χ0) is 18.0. The van der Waals surface area contributed by atoms with Crippen molar-refractivity contribution in [2.75, 3.05) is 5.32 Å². The lowest BCUT2D eigenvalue weighted by atomic mass is 10.2. The van der Waals surface area contributed by atoms with Gasteiger partial charge in [0.1, 0.15) is 18.7 Å². The summed E-state index contributed by atoms with van der Waals surface area (Å²) in [5, 5.41) is 11.4. The summed E-state index contributed by atoms with van der Waals surface area (Å²) in [5.74, 6) is -0.683. The van der Waals surface area contributed by atoms with E-state index in [9.17, 15) is 9.18 Å². The van der Waals surface area contributed by atoms with Crippen LogP contribution in [-0.4, -0.2) is 30.5 Å². The van der Waals surface area contributed by atoms with E-state index in [-0.39, 0.29) is 24.9 Å². The number of amides is 1. The molecule has 25 heavy (non-hydrogen) atoms. The van der Waals surface area contributed by atoms with Gasteiger partial charge in [-0.05, 0) is 19.1 Å². The molecule has 7 nitrogen and oxygen atoms in total. The van der Waals surface area contributed by atoms with E-state index in [4.69, 9.17) is 23.2 Å². The van der Waals surface area contributed by atoms with Crippen molar-refractivity contribution >= 4 is 35.1 Å². The number of benzene rings is 1. The van der Waals surface area contributed by atoms with Crippen LogP contribution in [0.3, 0.4) is 0 Å². The first-order valence-electron chi connectivity index (χ1n) is 7.24. The summed E-state index contributed by atoms with van der Waals surface area (Å²) in [6.45, 7) is 1.84. The molecule has 1 N–H and O–H groups in total. The van der Waals surface area contributed by atoms with Crippen LogP contribution in [0, 0.1) is 12.7 Å². The number of rotatable bonds is 5. The molecular weight excluding hydrogens is 370 g/mol. The van der Waals surface area contributed by atoms with Crippen molar-refractivity contribution < 1.29 is 9.18 Å². The molecule has 0 saturated heterocycles. The van der Waals surface area contributed by atoms with Gasteiger partial charge in [-0.2, -0.15) is 5.10 Å². The third-order valence-electron chi connectivity index (χ3n) is 3.51. The average Bonchev–Trinajstić information content (AvgIpc) is 3.12. The molecule has 0 radical (unpaired) electrons. The molecule has 2 heterocycles. The van der Waals surface area contributed by atoms with Crippen LogP contribution in [0.15, 0.2) is 30.7 Å². The standard InChI is InChI=1S/C15H13Cl2FN6O/c1-9-12(17)5-20-24(9)7-14(25)21-15-19-8-23(22-15)6-10-11(16)3-2-4-13(10)18/h2-5,8H,6-7H2,1H3,(H,21,22,25). The fourth-order valence-electron chi connectivity index (χ4n) is 2.16. The SMILES string of the molecule is Cc1c(Cl)cnn1CC(=O)Nc1ncn(Cc2c(F)cccc2Cl)n1. The molecule has 3 rings (SSSR count). The summed E-state index contributed by atoms with van der Waals surface area (Å²) in [4.78, 5) is 16.0. The highest BCUT2D eigenvalue weighted by atomic mass is 35.5. The molecule has 3 aromatic rings. The minimum Gasteiger partial charge on any atom is -0.292 e. The van der Waals surface area contributed by atoms with Crippen molar-refractivity contribution in [3.63, 3.8) is 0 Å². The highest BCUT2D eigenvalue weighted by molar-refractivity contribution is 6.31. The quantitative estimate of drug-likeness (QED) is 0.735. The highest BCUT2D eigenvalue weighted by Gasteiger charge is 2.12. The Kier molecular flexibility index (Phi) is 5.00. The van der Waals surface area contributed by atoms with Crippen molar-refractivity contribution in [2.24, 2.45) is 0 Å². The Morgan fingerprint density at radius 1 is 1.32 bits per heavy atom. The number of halogens is 3. The number of nitrogens with one attached hydrogen (secondary N) is 1. The number of hydrogen-bond acceptors (Lipinski definition) is 4. The van der Waals surface area contributed by atoms with Gasteiger partial charge in [0.25, 0.3) is 0 Å². The number of anilines is 1. The third kappa shape index (κ3) is 3.97. The van der Waals surface area contributed by atoms with E-state index in [1.165, 1.54) is 34.0 Å². The zero-order valence-corrected chi connectivity index (χ0v) is 14.6. The topological polar surface area (TPSA) is 77.6 Å². The van der Waals surface area contributed by atoms with Crippen molar-refractivity contribution in [3.05, 3.63) is 57.8 Å². The first-order chi connectivity index (χ1) is 11.9. The minimum absolute atomic E-state index is 0.0216. The van der Waals surface area contributed by atoms with Crippen molar-refractivity contribution in [3.8, 4) is 0 Å². The van der Waals surface area contributed by atoms with Crippen molar-refractivity contribution in [1.82, 2.24) is 24.5 Å². The van der Waals surface area contributed by atoms with E-state index >= 15 is 0 Å². The Bertz CT molecular complexity index is 902. The number of aromatic nitrogens is 5. The fraction of sp³-hybridized carbons (Fsp3) is 0.200. The van der Waals surface area contributed by atoms with Gasteiger partial charge in [0, 0.05) is 10.6 Å². The molecule has 10 heteroatoms. The van der Waals surface area contributed by atoms with E-state index in [0.29, 0.717) is 21.3 Å².